The Morgan fingerprint density at radius 2 is 1.67 bits per heavy atom. The highest BCUT2D eigenvalue weighted by Crippen LogP contribution is 2.14. The standard InChI is InChI=1S/C7H16N.FH/c1-3-8(2)6-4-5-7-8;/h3-7H2,1-2H3;1H/q+1;/p-1. The summed E-state index contributed by atoms with van der Waals surface area (Å²) in [5.41, 5.74) is 0. The van der Waals surface area contributed by atoms with Gasteiger partial charge in [0, 0.05) is 12.8 Å². The summed E-state index contributed by atoms with van der Waals surface area (Å²) >= 11 is 0. The molecule has 1 fully saturated rings. The minimum absolute atomic E-state index is 0. The molecule has 9 heavy (non-hydrogen) atoms. The number of hydrogen-bond donors (Lipinski definition) is 0. The molecule has 1 nitrogen and oxygen atoms in total. The highest BCUT2D eigenvalue weighted by molar-refractivity contribution is 4.49. The number of likely N-dealkylation sites (tertiary alicyclic amines) is 1. The van der Waals surface area contributed by atoms with Gasteiger partial charge in [0.1, 0.15) is 0 Å². The molecule has 0 bridgehead atoms. The van der Waals surface area contributed by atoms with Crippen molar-refractivity contribution in [3.63, 3.8) is 0 Å². The van der Waals surface area contributed by atoms with E-state index in [2.05, 4.69) is 14.0 Å². The molecule has 1 saturated heterocycles. The van der Waals surface area contributed by atoms with Gasteiger partial charge < -0.3 is 9.19 Å². The zero-order valence-corrected chi connectivity index (χ0v) is 6.36. The molecule has 56 valence electrons. The molecule has 0 aliphatic carbocycles. The highest BCUT2D eigenvalue weighted by atomic mass is 19.0. The number of hydrogen-bond acceptors (Lipinski definition) is 0. The summed E-state index contributed by atoms with van der Waals surface area (Å²) in [7, 11) is 2.35. The lowest BCUT2D eigenvalue weighted by Gasteiger charge is -2.26. The zero-order chi connectivity index (χ0) is 6.04. The van der Waals surface area contributed by atoms with Crippen LogP contribution in [0, 0.1) is 0 Å². The molecule has 2 heteroatoms. The van der Waals surface area contributed by atoms with Crippen LogP contribution in [0.1, 0.15) is 19.8 Å². The lowest BCUT2D eigenvalue weighted by molar-refractivity contribution is -0.895. The molecule has 1 aliphatic rings. The van der Waals surface area contributed by atoms with Gasteiger partial charge >= 0.3 is 0 Å². The lowest BCUT2D eigenvalue weighted by atomic mass is 10.4. The van der Waals surface area contributed by atoms with Gasteiger partial charge in [-0.1, -0.05) is 0 Å². The molecule has 0 aromatic carbocycles. The van der Waals surface area contributed by atoms with Crippen molar-refractivity contribution in [1.82, 2.24) is 0 Å². The van der Waals surface area contributed by atoms with Crippen LogP contribution in [0.25, 0.3) is 0 Å². The van der Waals surface area contributed by atoms with Gasteiger partial charge in [-0.25, -0.2) is 0 Å². The Kier molecular flexibility index (Phi) is 3.12. The predicted octanol–water partition coefficient (Wildman–Crippen LogP) is -1.75. The molecule has 1 aliphatic heterocycles. The molecule has 0 atom stereocenters. The van der Waals surface area contributed by atoms with Crippen LogP contribution < -0.4 is 4.70 Å². The third-order valence-corrected chi connectivity index (χ3v) is 2.41. The van der Waals surface area contributed by atoms with E-state index in [0.717, 1.165) is 0 Å². The summed E-state index contributed by atoms with van der Waals surface area (Å²) in [4.78, 5) is 0. The van der Waals surface area contributed by atoms with Gasteiger partial charge in [0.15, 0.2) is 0 Å². The largest absolute Gasteiger partial charge is 1.00 e. The molecule has 0 aromatic heterocycles. The molecule has 0 amide bonds. The molecule has 0 radical (unpaired) electrons. The number of rotatable bonds is 1. The van der Waals surface area contributed by atoms with Gasteiger partial charge in [-0.15, -0.1) is 0 Å². The van der Waals surface area contributed by atoms with Gasteiger partial charge in [-0.3, -0.25) is 0 Å². The van der Waals surface area contributed by atoms with E-state index in [9.17, 15) is 0 Å². The molecule has 0 aromatic rings. The summed E-state index contributed by atoms with van der Waals surface area (Å²) in [5, 5.41) is 0. The minimum atomic E-state index is 0. The average molecular weight is 133 g/mol. The van der Waals surface area contributed by atoms with Crippen LogP contribution in [-0.4, -0.2) is 31.2 Å². The Hall–Kier alpha value is -0.110. The van der Waals surface area contributed by atoms with Crippen LogP contribution in [0.15, 0.2) is 0 Å². The molecule has 1 rings (SSSR count). The van der Waals surface area contributed by atoms with Gasteiger partial charge in [-0.05, 0) is 6.92 Å². The minimum Gasteiger partial charge on any atom is -1.00 e. The molecule has 1 heterocycles. The van der Waals surface area contributed by atoms with Crippen LogP contribution in [0.3, 0.4) is 0 Å². The van der Waals surface area contributed by atoms with E-state index < -0.39 is 0 Å². The SMILES string of the molecule is CC[N+]1(C)CCCC1.[F-]. The average Bonchev–Trinajstić information content (AvgIpc) is 2.17. The van der Waals surface area contributed by atoms with Crippen molar-refractivity contribution < 1.29 is 9.19 Å². The van der Waals surface area contributed by atoms with Gasteiger partial charge in [0.25, 0.3) is 0 Å². The second-order valence-electron chi connectivity index (χ2n) is 3.09. The van der Waals surface area contributed by atoms with Crippen molar-refractivity contribution in [2.24, 2.45) is 0 Å². The first-order chi connectivity index (χ1) is 3.77. The van der Waals surface area contributed by atoms with Crippen LogP contribution >= 0.6 is 0 Å². The Labute approximate surface area is 56.6 Å². The smallest absolute Gasteiger partial charge is 0.0786 e. The summed E-state index contributed by atoms with van der Waals surface area (Å²) in [6.07, 6.45) is 2.90. The van der Waals surface area contributed by atoms with E-state index in [0.29, 0.717) is 0 Å². The summed E-state index contributed by atoms with van der Waals surface area (Å²) in [6.45, 7) is 6.43. The monoisotopic (exact) mass is 133 g/mol. The Balaban J connectivity index is 0.000000640. The lowest BCUT2D eigenvalue weighted by Crippen LogP contribution is -3.00. The van der Waals surface area contributed by atoms with Crippen molar-refractivity contribution in [3.8, 4) is 0 Å². The molecule has 0 unspecified atom stereocenters. The predicted molar refractivity (Wildman–Crippen MR) is 35.7 cm³/mol. The quantitative estimate of drug-likeness (QED) is 0.372. The van der Waals surface area contributed by atoms with Gasteiger partial charge in [0.2, 0.25) is 0 Å². The first kappa shape index (κ1) is 8.89. The van der Waals surface area contributed by atoms with E-state index in [1.54, 1.807) is 0 Å². The molecular formula is C7H16FN. The van der Waals surface area contributed by atoms with E-state index >= 15 is 0 Å². The molecule has 0 saturated carbocycles. The van der Waals surface area contributed by atoms with Crippen LogP contribution in [0.4, 0.5) is 0 Å². The Morgan fingerprint density at radius 3 is 1.89 bits per heavy atom. The fourth-order valence-electron chi connectivity index (χ4n) is 1.42. The topological polar surface area (TPSA) is 0 Å². The summed E-state index contributed by atoms with van der Waals surface area (Å²) in [5.74, 6) is 0. The molecule has 0 N–H and O–H groups in total. The van der Waals surface area contributed by atoms with Crippen molar-refractivity contribution in [2.75, 3.05) is 26.7 Å². The van der Waals surface area contributed by atoms with E-state index in [1.807, 2.05) is 0 Å². The van der Waals surface area contributed by atoms with Crippen molar-refractivity contribution in [2.45, 2.75) is 19.8 Å². The first-order valence-electron chi connectivity index (χ1n) is 3.60. The van der Waals surface area contributed by atoms with E-state index in [-0.39, 0.29) is 4.70 Å². The molecule has 0 spiro atoms. The Bertz CT molecular complexity index is 77.0. The maximum absolute atomic E-state index is 2.35. The zero-order valence-electron chi connectivity index (χ0n) is 6.36. The number of nitrogens with zero attached hydrogens (tertiary/aromatic N) is 1. The van der Waals surface area contributed by atoms with Crippen molar-refractivity contribution >= 4 is 0 Å². The van der Waals surface area contributed by atoms with Crippen molar-refractivity contribution in [3.05, 3.63) is 0 Å². The van der Waals surface area contributed by atoms with Gasteiger partial charge in [-0.2, -0.15) is 0 Å². The first-order valence-corrected chi connectivity index (χ1v) is 3.60. The van der Waals surface area contributed by atoms with Crippen LogP contribution in [0.2, 0.25) is 0 Å². The summed E-state index contributed by atoms with van der Waals surface area (Å²) in [6, 6.07) is 0. The normalized spacial score (nSPS) is 23.3. The van der Waals surface area contributed by atoms with Crippen LogP contribution in [0.5, 0.6) is 0 Å². The second-order valence-corrected chi connectivity index (χ2v) is 3.09. The van der Waals surface area contributed by atoms with Crippen LogP contribution in [-0.2, 0) is 0 Å². The van der Waals surface area contributed by atoms with E-state index in [1.165, 1.54) is 37.0 Å². The number of quaternary nitrogens is 1. The summed E-state index contributed by atoms with van der Waals surface area (Å²) < 4.78 is 1.32. The second kappa shape index (κ2) is 3.16. The maximum Gasteiger partial charge on any atom is 0.0786 e. The highest BCUT2D eigenvalue weighted by Gasteiger charge is 2.23. The fourth-order valence-corrected chi connectivity index (χ4v) is 1.42. The third kappa shape index (κ3) is 1.94. The third-order valence-electron chi connectivity index (χ3n) is 2.41. The Morgan fingerprint density at radius 1 is 1.22 bits per heavy atom. The maximum atomic E-state index is 2.35. The fraction of sp³-hybridized carbons (Fsp3) is 1.00. The van der Waals surface area contributed by atoms with E-state index in [4.69, 9.17) is 0 Å². The molecular weight excluding hydrogens is 117 g/mol. The number of halogens is 1. The van der Waals surface area contributed by atoms with Crippen molar-refractivity contribution in [1.29, 1.82) is 0 Å². The van der Waals surface area contributed by atoms with Gasteiger partial charge in [0.05, 0.1) is 26.7 Å².